The molecule has 2 aromatic carbocycles. The number of H-pyrrole nitrogens is 2. The molecule has 0 saturated heterocycles. The van der Waals surface area contributed by atoms with Gasteiger partial charge in [0.25, 0.3) is 0 Å². The number of aromatic amines is 2. The molecule has 2 aromatic heterocycles. The van der Waals surface area contributed by atoms with Gasteiger partial charge >= 0.3 is 0 Å². The van der Waals surface area contributed by atoms with Crippen LogP contribution in [0, 0.1) is 5.92 Å². The van der Waals surface area contributed by atoms with E-state index in [1.165, 1.54) is 0 Å². The number of likely N-dealkylation sites (N-methyl/N-ethyl adjacent to an activating group) is 1. The Morgan fingerprint density at radius 3 is 1.93 bits per heavy atom. The molecule has 0 aliphatic heterocycles. The van der Waals surface area contributed by atoms with Crippen molar-refractivity contribution >= 4 is 33.6 Å². The number of benzene rings is 2. The molecule has 0 aliphatic rings. The Hall–Kier alpha value is -3.54. The zero-order valence-corrected chi connectivity index (χ0v) is 17.2. The average Bonchev–Trinajstić information content (AvgIpc) is 3.37. The molecule has 4 N–H and O–H groups in total. The van der Waals surface area contributed by atoms with Gasteiger partial charge in [0.05, 0.1) is 0 Å². The summed E-state index contributed by atoms with van der Waals surface area (Å²) in [5.74, 6) is -0.596. The Labute approximate surface area is 175 Å². The van der Waals surface area contributed by atoms with E-state index in [4.69, 9.17) is 0 Å². The number of carbonyl (C=O) groups excluding carboxylic acids is 2. The second-order valence-electron chi connectivity index (χ2n) is 7.70. The maximum Gasteiger partial charge on any atom is 0.242 e. The fraction of sp³-hybridized carbons (Fsp3) is 0.250. The van der Waals surface area contributed by atoms with Gasteiger partial charge in [-0.1, -0.05) is 43.3 Å². The van der Waals surface area contributed by atoms with Crippen LogP contribution in [0.3, 0.4) is 0 Å². The monoisotopic (exact) mass is 402 g/mol. The Bertz CT molecular complexity index is 1190. The molecule has 0 fully saturated rings. The third-order valence-corrected chi connectivity index (χ3v) is 5.63. The molecule has 2 heterocycles. The topological polar surface area (TPSA) is 89.8 Å². The molecule has 1 unspecified atom stereocenters. The molecule has 0 radical (unpaired) electrons. The zero-order chi connectivity index (χ0) is 21.1. The lowest BCUT2D eigenvalue weighted by molar-refractivity contribution is -0.130. The van der Waals surface area contributed by atoms with Crippen molar-refractivity contribution in [1.82, 2.24) is 20.6 Å². The molecule has 4 rings (SSSR count). The molecule has 30 heavy (non-hydrogen) atoms. The quantitative estimate of drug-likeness (QED) is 0.382. The summed E-state index contributed by atoms with van der Waals surface area (Å²) in [7, 11) is 1.59. The van der Waals surface area contributed by atoms with E-state index in [0.29, 0.717) is 12.8 Å². The first kappa shape index (κ1) is 19.8. The van der Waals surface area contributed by atoms with Crippen LogP contribution in [-0.2, 0) is 22.4 Å². The Morgan fingerprint density at radius 2 is 1.37 bits per heavy atom. The highest BCUT2D eigenvalue weighted by atomic mass is 16.2. The standard InChI is InChI=1S/C24H26N4O2/c1-15(11-16-13-26-20-9-5-3-7-18(16)20)23(29)28-22(24(30)25-2)12-17-14-27-21-10-6-4-8-19(17)21/h3-10,13-15,22,26-27H,11-12H2,1-2H3,(H,25,30)(H,28,29)/t15?,22-/m0/s1. The molecular formula is C24H26N4O2. The lowest BCUT2D eigenvalue weighted by atomic mass is 9.98. The summed E-state index contributed by atoms with van der Waals surface area (Å²) < 4.78 is 0. The second-order valence-corrected chi connectivity index (χ2v) is 7.70. The molecule has 6 nitrogen and oxygen atoms in total. The van der Waals surface area contributed by atoms with Crippen LogP contribution in [-0.4, -0.2) is 34.9 Å². The summed E-state index contributed by atoms with van der Waals surface area (Å²) in [5.41, 5.74) is 4.18. The van der Waals surface area contributed by atoms with Crippen molar-refractivity contribution in [2.75, 3.05) is 7.05 Å². The van der Waals surface area contributed by atoms with E-state index in [0.717, 1.165) is 32.9 Å². The molecule has 4 aromatic rings. The normalized spacial score (nSPS) is 13.3. The summed E-state index contributed by atoms with van der Waals surface area (Å²) in [5, 5.41) is 7.81. The van der Waals surface area contributed by atoms with Gasteiger partial charge in [0.15, 0.2) is 0 Å². The minimum atomic E-state index is -0.632. The first-order valence-corrected chi connectivity index (χ1v) is 10.2. The summed E-state index contributed by atoms with van der Waals surface area (Å²) in [4.78, 5) is 31.9. The van der Waals surface area contributed by atoms with Crippen molar-refractivity contribution in [1.29, 1.82) is 0 Å². The van der Waals surface area contributed by atoms with Crippen molar-refractivity contribution in [3.8, 4) is 0 Å². The second kappa shape index (κ2) is 8.45. The smallest absolute Gasteiger partial charge is 0.242 e. The van der Waals surface area contributed by atoms with Crippen LogP contribution in [0.5, 0.6) is 0 Å². The largest absolute Gasteiger partial charge is 0.361 e. The van der Waals surface area contributed by atoms with Crippen LogP contribution in [0.2, 0.25) is 0 Å². The van der Waals surface area contributed by atoms with Gasteiger partial charge in [0.1, 0.15) is 6.04 Å². The van der Waals surface area contributed by atoms with Crippen molar-refractivity contribution in [2.24, 2.45) is 5.92 Å². The Balaban J connectivity index is 1.48. The summed E-state index contributed by atoms with van der Waals surface area (Å²) >= 11 is 0. The molecule has 2 amide bonds. The van der Waals surface area contributed by atoms with Gasteiger partial charge in [-0.25, -0.2) is 0 Å². The van der Waals surface area contributed by atoms with Crippen molar-refractivity contribution in [3.63, 3.8) is 0 Å². The highest BCUT2D eigenvalue weighted by Crippen LogP contribution is 2.22. The van der Waals surface area contributed by atoms with Crippen molar-refractivity contribution in [3.05, 3.63) is 72.1 Å². The van der Waals surface area contributed by atoms with Gasteiger partial charge in [-0.2, -0.15) is 0 Å². The SMILES string of the molecule is CNC(=O)[C@H](Cc1c[nH]c2ccccc12)NC(=O)C(C)Cc1c[nH]c2ccccc12. The van der Waals surface area contributed by atoms with E-state index in [1.54, 1.807) is 7.05 Å². The van der Waals surface area contributed by atoms with Gasteiger partial charge in [-0.05, 0) is 29.7 Å². The maximum atomic E-state index is 12.9. The molecule has 0 aliphatic carbocycles. The van der Waals surface area contributed by atoms with Crippen LogP contribution in [0.15, 0.2) is 60.9 Å². The average molecular weight is 402 g/mol. The number of fused-ring (bicyclic) bond motifs is 2. The van der Waals surface area contributed by atoms with Crippen LogP contribution in [0.25, 0.3) is 21.8 Å². The summed E-state index contributed by atoms with van der Waals surface area (Å²) in [6.45, 7) is 1.89. The minimum Gasteiger partial charge on any atom is -0.361 e. The molecule has 0 bridgehead atoms. The van der Waals surface area contributed by atoms with E-state index >= 15 is 0 Å². The number of amides is 2. The lowest BCUT2D eigenvalue weighted by Crippen LogP contribution is -2.48. The van der Waals surface area contributed by atoms with Crippen LogP contribution < -0.4 is 10.6 Å². The number of para-hydroxylation sites is 2. The van der Waals surface area contributed by atoms with E-state index in [9.17, 15) is 9.59 Å². The predicted octanol–water partition coefficient (Wildman–Crippen LogP) is 3.30. The molecule has 0 spiro atoms. The molecule has 154 valence electrons. The highest BCUT2D eigenvalue weighted by Gasteiger charge is 2.24. The fourth-order valence-electron chi connectivity index (χ4n) is 3.94. The third-order valence-electron chi connectivity index (χ3n) is 5.63. The molecular weight excluding hydrogens is 376 g/mol. The number of rotatable bonds is 7. The van der Waals surface area contributed by atoms with Crippen molar-refractivity contribution < 1.29 is 9.59 Å². The van der Waals surface area contributed by atoms with Crippen LogP contribution in [0.4, 0.5) is 0 Å². The zero-order valence-electron chi connectivity index (χ0n) is 17.2. The molecule has 0 saturated carbocycles. The van der Waals surface area contributed by atoms with Gasteiger partial charge in [0, 0.05) is 53.6 Å². The summed E-state index contributed by atoms with van der Waals surface area (Å²) in [6, 6.07) is 15.4. The van der Waals surface area contributed by atoms with Crippen molar-refractivity contribution in [2.45, 2.75) is 25.8 Å². The molecule has 2 atom stereocenters. The van der Waals surface area contributed by atoms with E-state index in [1.807, 2.05) is 61.8 Å². The Kier molecular flexibility index (Phi) is 5.57. The van der Waals surface area contributed by atoms with Gasteiger partial charge in [0.2, 0.25) is 11.8 Å². The van der Waals surface area contributed by atoms with E-state index in [2.05, 4.69) is 26.7 Å². The van der Waals surface area contributed by atoms with E-state index < -0.39 is 6.04 Å². The maximum absolute atomic E-state index is 12.9. The minimum absolute atomic E-state index is 0.131. The summed E-state index contributed by atoms with van der Waals surface area (Å²) in [6.07, 6.45) is 4.89. The van der Waals surface area contributed by atoms with Gasteiger partial charge in [-0.15, -0.1) is 0 Å². The predicted molar refractivity (Wildman–Crippen MR) is 119 cm³/mol. The first-order valence-electron chi connectivity index (χ1n) is 10.2. The fourth-order valence-corrected chi connectivity index (χ4v) is 3.94. The Morgan fingerprint density at radius 1 is 0.833 bits per heavy atom. The molecule has 6 heteroatoms. The number of hydrogen-bond acceptors (Lipinski definition) is 2. The first-order chi connectivity index (χ1) is 14.6. The lowest BCUT2D eigenvalue weighted by Gasteiger charge is -2.20. The van der Waals surface area contributed by atoms with Crippen LogP contribution in [0.1, 0.15) is 18.1 Å². The highest BCUT2D eigenvalue weighted by molar-refractivity contribution is 5.90. The number of aromatic nitrogens is 2. The van der Waals surface area contributed by atoms with E-state index in [-0.39, 0.29) is 17.7 Å². The third kappa shape index (κ3) is 3.94. The number of hydrogen-bond donors (Lipinski definition) is 4. The number of nitrogens with one attached hydrogen (secondary N) is 4. The number of carbonyl (C=O) groups is 2. The van der Waals surface area contributed by atoms with Gasteiger partial charge < -0.3 is 20.6 Å². The van der Waals surface area contributed by atoms with Crippen LogP contribution >= 0.6 is 0 Å². The van der Waals surface area contributed by atoms with Gasteiger partial charge in [-0.3, -0.25) is 9.59 Å².